The van der Waals surface area contributed by atoms with Gasteiger partial charge in [-0.25, -0.2) is 0 Å². The smallest absolute Gasteiger partial charge is 0.289 e. The minimum atomic E-state index is -2.20. The zero-order chi connectivity index (χ0) is 25.8. The lowest BCUT2D eigenvalue weighted by Gasteiger charge is -2.32. The standard InChI is InChI=1S/C23H30N6O6/c1-15(20(33)29-17(12-30)8-5-11-26-22(24)25)28-21(34)23(13-31,27-14-32)35-19-10-4-7-16-6-2-3-9-18(16)19/h2-4,6-7,9-10,12,14-15,17,31H,5,8,11,13H2,1H3,(H,27,32)(H,28,34)(H,29,33)(H4,24,25,26)/t15-,17-,23-/m0/s1. The molecule has 188 valence electrons. The molecule has 35 heavy (non-hydrogen) atoms. The van der Waals surface area contributed by atoms with Crippen LogP contribution in [0.15, 0.2) is 47.5 Å². The van der Waals surface area contributed by atoms with Crippen molar-refractivity contribution in [2.75, 3.05) is 13.2 Å². The summed E-state index contributed by atoms with van der Waals surface area (Å²) in [5.41, 5.74) is 8.29. The fourth-order valence-electron chi connectivity index (χ4n) is 3.24. The van der Waals surface area contributed by atoms with Gasteiger partial charge in [-0.3, -0.25) is 19.4 Å². The van der Waals surface area contributed by atoms with Crippen LogP contribution < -0.4 is 32.2 Å². The summed E-state index contributed by atoms with van der Waals surface area (Å²) < 4.78 is 5.81. The van der Waals surface area contributed by atoms with Gasteiger partial charge in [-0.1, -0.05) is 36.4 Å². The van der Waals surface area contributed by atoms with E-state index < -0.39 is 36.2 Å². The van der Waals surface area contributed by atoms with Crippen molar-refractivity contribution in [3.63, 3.8) is 0 Å². The maximum absolute atomic E-state index is 13.1. The number of fused-ring (bicyclic) bond motifs is 1. The average molecular weight is 487 g/mol. The number of ether oxygens (including phenoxy) is 1. The molecule has 2 aromatic rings. The number of benzene rings is 2. The first kappa shape index (κ1) is 27.1. The monoisotopic (exact) mass is 486 g/mol. The highest BCUT2D eigenvalue weighted by Crippen LogP contribution is 2.28. The van der Waals surface area contributed by atoms with Gasteiger partial charge in [0.1, 0.15) is 24.7 Å². The van der Waals surface area contributed by atoms with Crippen LogP contribution in [0.5, 0.6) is 5.75 Å². The van der Waals surface area contributed by atoms with Crippen LogP contribution in [0, 0.1) is 0 Å². The maximum Gasteiger partial charge on any atom is 0.289 e. The molecule has 8 N–H and O–H groups in total. The Morgan fingerprint density at radius 1 is 1.14 bits per heavy atom. The van der Waals surface area contributed by atoms with Gasteiger partial charge in [0.25, 0.3) is 11.6 Å². The number of amides is 3. The van der Waals surface area contributed by atoms with E-state index in [0.717, 1.165) is 5.39 Å². The number of aliphatic imine (C=N–C) groups is 1. The molecule has 0 saturated carbocycles. The SMILES string of the molecule is C[C@H](NC(=O)[C@@](CO)(NC=O)Oc1cccc2ccccc12)C(=O)N[C@H](C=O)CCCN=C(N)N. The first-order valence-electron chi connectivity index (χ1n) is 10.9. The molecule has 0 radical (unpaired) electrons. The topological polar surface area (TPSA) is 198 Å². The number of nitrogens with one attached hydrogen (secondary N) is 3. The second-order valence-electron chi connectivity index (χ2n) is 7.72. The second-order valence-corrected chi connectivity index (χ2v) is 7.72. The highest BCUT2D eigenvalue weighted by atomic mass is 16.5. The van der Waals surface area contributed by atoms with Gasteiger partial charge in [0.05, 0.1) is 6.04 Å². The summed E-state index contributed by atoms with van der Waals surface area (Å²) in [5.74, 6) is -1.45. The molecule has 12 heteroatoms. The highest BCUT2D eigenvalue weighted by Gasteiger charge is 2.42. The third-order valence-electron chi connectivity index (χ3n) is 5.12. The van der Waals surface area contributed by atoms with Gasteiger partial charge in [-0.2, -0.15) is 0 Å². The molecule has 0 fully saturated rings. The van der Waals surface area contributed by atoms with Gasteiger partial charge in [0.2, 0.25) is 12.3 Å². The molecule has 0 heterocycles. The van der Waals surface area contributed by atoms with E-state index in [1.165, 1.54) is 6.92 Å². The van der Waals surface area contributed by atoms with Gasteiger partial charge in [-0.05, 0) is 31.2 Å². The second kappa shape index (κ2) is 12.9. The Morgan fingerprint density at radius 2 is 1.86 bits per heavy atom. The fraction of sp³-hybridized carbons (Fsp3) is 0.348. The number of aliphatic hydroxyl groups is 1. The van der Waals surface area contributed by atoms with Crippen molar-refractivity contribution >= 4 is 41.2 Å². The third-order valence-corrected chi connectivity index (χ3v) is 5.12. The predicted octanol–water partition coefficient (Wildman–Crippen LogP) is -1.10. The van der Waals surface area contributed by atoms with E-state index in [1.807, 2.05) is 18.2 Å². The molecule has 2 aromatic carbocycles. The number of hydrogen-bond donors (Lipinski definition) is 6. The van der Waals surface area contributed by atoms with Crippen LogP contribution in [0.1, 0.15) is 19.8 Å². The first-order valence-corrected chi connectivity index (χ1v) is 10.9. The third kappa shape index (κ3) is 7.40. The normalized spacial score (nSPS) is 14.0. The van der Waals surface area contributed by atoms with Crippen molar-refractivity contribution in [2.45, 2.75) is 37.6 Å². The molecule has 0 aliphatic heterocycles. The van der Waals surface area contributed by atoms with Crippen molar-refractivity contribution in [3.05, 3.63) is 42.5 Å². The van der Waals surface area contributed by atoms with Crippen LogP contribution in [-0.4, -0.2) is 66.5 Å². The van der Waals surface area contributed by atoms with Crippen LogP contribution in [0.4, 0.5) is 0 Å². The molecule has 12 nitrogen and oxygen atoms in total. The molecule has 0 spiro atoms. The minimum absolute atomic E-state index is 0.0740. The van der Waals surface area contributed by atoms with Gasteiger partial charge in [0, 0.05) is 11.9 Å². The Kier molecular flexibility index (Phi) is 9.97. The van der Waals surface area contributed by atoms with Crippen LogP contribution in [0.3, 0.4) is 0 Å². The molecule has 0 unspecified atom stereocenters. The molecule has 3 atom stereocenters. The van der Waals surface area contributed by atoms with Crippen molar-refractivity contribution in [1.29, 1.82) is 0 Å². The average Bonchev–Trinajstić information content (AvgIpc) is 2.85. The minimum Gasteiger partial charge on any atom is -0.455 e. The number of nitrogens with zero attached hydrogens (tertiary/aromatic N) is 1. The molecule has 0 aliphatic rings. The Labute approximate surface area is 202 Å². The van der Waals surface area contributed by atoms with E-state index in [1.54, 1.807) is 24.3 Å². The molecule has 0 saturated heterocycles. The lowest BCUT2D eigenvalue weighted by Crippen LogP contribution is -2.65. The highest BCUT2D eigenvalue weighted by molar-refractivity contribution is 5.94. The van der Waals surface area contributed by atoms with Gasteiger partial charge < -0.3 is 42.1 Å². The zero-order valence-electron chi connectivity index (χ0n) is 19.3. The lowest BCUT2D eigenvalue weighted by molar-refractivity contribution is -0.149. The number of guanidine groups is 1. The van der Waals surface area contributed by atoms with E-state index in [-0.39, 0.29) is 31.1 Å². The summed E-state index contributed by atoms with van der Waals surface area (Å²) >= 11 is 0. The van der Waals surface area contributed by atoms with Crippen molar-refractivity contribution in [3.8, 4) is 5.75 Å². The van der Waals surface area contributed by atoms with Gasteiger partial charge >= 0.3 is 0 Å². The van der Waals surface area contributed by atoms with Crippen molar-refractivity contribution in [1.82, 2.24) is 16.0 Å². The van der Waals surface area contributed by atoms with Crippen LogP contribution >= 0.6 is 0 Å². The van der Waals surface area contributed by atoms with E-state index in [4.69, 9.17) is 16.2 Å². The van der Waals surface area contributed by atoms with Crippen molar-refractivity contribution < 1.29 is 29.0 Å². The molecule has 2 rings (SSSR count). The summed E-state index contributed by atoms with van der Waals surface area (Å²) in [7, 11) is 0. The Bertz CT molecular complexity index is 1070. The Hall–Kier alpha value is -4.19. The predicted molar refractivity (Wildman–Crippen MR) is 129 cm³/mol. The first-order chi connectivity index (χ1) is 16.8. The quantitative estimate of drug-likeness (QED) is 0.0635. The number of carbonyl (C=O) groups excluding carboxylic acids is 4. The summed E-state index contributed by atoms with van der Waals surface area (Å²) in [5, 5.41) is 18.6. The van der Waals surface area contributed by atoms with E-state index in [9.17, 15) is 24.3 Å². The number of carbonyl (C=O) groups is 4. The molecule has 0 bridgehead atoms. The van der Waals surface area contributed by atoms with Crippen LogP contribution in [0.25, 0.3) is 10.8 Å². The molecular weight excluding hydrogens is 456 g/mol. The molecular formula is C23H30N6O6. The summed E-state index contributed by atoms with van der Waals surface area (Å²) in [4.78, 5) is 52.0. The number of hydrogen-bond acceptors (Lipinski definition) is 7. The van der Waals surface area contributed by atoms with Crippen molar-refractivity contribution in [2.24, 2.45) is 16.5 Å². The molecule has 0 aliphatic carbocycles. The van der Waals surface area contributed by atoms with Crippen LogP contribution in [0.2, 0.25) is 0 Å². The largest absolute Gasteiger partial charge is 0.455 e. The molecule has 3 amide bonds. The number of aliphatic hydroxyl groups excluding tert-OH is 1. The number of rotatable bonds is 14. The van der Waals surface area contributed by atoms with E-state index >= 15 is 0 Å². The fourth-order valence-corrected chi connectivity index (χ4v) is 3.24. The lowest BCUT2D eigenvalue weighted by atomic mass is 10.1. The van der Waals surface area contributed by atoms with Crippen LogP contribution in [-0.2, 0) is 19.2 Å². The maximum atomic E-state index is 13.1. The summed E-state index contributed by atoms with van der Waals surface area (Å²) in [6.45, 7) is 0.753. The Morgan fingerprint density at radius 3 is 2.51 bits per heavy atom. The number of nitrogens with two attached hydrogens (primary N) is 2. The summed E-state index contributed by atoms with van der Waals surface area (Å²) in [6.07, 6.45) is 1.50. The number of aldehydes is 1. The summed E-state index contributed by atoms with van der Waals surface area (Å²) in [6, 6.07) is 10.4. The Balaban J connectivity index is 2.11. The van der Waals surface area contributed by atoms with Gasteiger partial charge in [0.15, 0.2) is 5.96 Å². The zero-order valence-corrected chi connectivity index (χ0v) is 19.3. The van der Waals surface area contributed by atoms with E-state index in [2.05, 4.69) is 20.9 Å². The molecule has 0 aromatic heterocycles. The van der Waals surface area contributed by atoms with Gasteiger partial charge in [-0.15, -0.1) is 0 Å². The van der Waals surface area contributed by atoms with E-state index in [0.29, 0.717) is 18.1 Å².